The lowest BCUT2D eigenvalue weighted by molar-refractivity contribution is 0.0849. The molecule has 0 spiro atoms. The standard InChI is InChI=1S/C12H24N2O/c13-9-11-3-1-7-14(8-2-4-11)10-12(15)5-6-12/h11,15H,1-10,13H2. The molecule has 1 aliphatic heterocycles. The first-order valence-corrected chi connectivity index (χ1v) is 6.37. The number of hydrogen-bond acceptors (Lipinski definition) is 3. The maximum Gasteiger partial charge on any atom is 0.0776 e. The number of nitrogens with zero attached hydrogens (tertiary/aromatic N) is 1. The molecule has 0 aromatic heterocycles. The third-order valence-corrected chi connectivity index (χ3v) is 3.85. The molecule has 0 aromatic carbocycles. The van der Waals surface area contributed by atoms with Gasteiger partial charge in [-0.15, -0.1) is 0 Å². The van der Waals surface area contributed by atoms with Gasteiger partial charge in [0.25, 0.3) is 0 Å². The van der Waals surface area contributed by atoms with Crippen LogP contribution in [-0.4, -0.2) is 41.8 Å². The van der Waals surface area contributed by atoms with Gasteiger partial charge in [-0.3, -0.25) is 0 Å². The van der Waals surface area contributed by atoms with Gasteiger partial charge in [0.1, 0.15) is 0 Å². The fourth-order valence-electron chi connectivity index (χ4n) is 2.58. The third-order valence-electron chi connectivity index (χ3n) is 3.85. The molecule has 0 unspecified atom stereocenters. The molecule has 2 rings (SSSR count). The number of β-amino-alcohol motifs (C(OH)–C–C–N with tert-alkyl or cyclic N) is 1. The molecule has 0 amide bonds. The normalized spacial score (nSPS) is 28.4. The highest BCUT2D eigenvalue weighted by molar-refractivity contribution is 4.96. The van der Waals surface area contributed by atoms with E-state index in [0.717, 1.165) is 44.9 Å². The van der Waals surface area contributed by atoms with Gasteiger partial charge in [-0.1, -0.05) is 0 Å². The van der Waals surface area contributed by atoms with Gasteiger partial charge >= 0.3 is 0 Å². The molecule has 2 aliphatic rings. The van der Waals surface area contributed by atoms with Crippen molar-refractivity contribution in [3.63, 3.8) is 0 Å². The second-order valence-electron chi connectivity index (χ2n) is 5.39. The average Bonchev–Trinajstić information content (AvgIpc) is 2.89. The summed E-state index contributed by atoms with van der Waals surface area (Å²) in [4.78, 5) is 2.44. The summed E-state index contributed by atoms with van der Waals surface area (Å²) < 4.78 is 0. The predicted octanol–water partition coefficient (Wildman–Crippen LogP) is 0.962. The quantitative estimate of drug-likeness (QED) is 0.732. The summed E-state index contributed by atoms with van der Waals surface area (Å²) in [6.45, 7) is 4.06. The maximum absolute atomic E-state index is 9.88. The zero-order valence-corrected chi connectivity index (χ0v) is 9.62. The summed E-state index contributed by atoms with van der Waals surface area (Å²) in [5, 5.41) is 9.88. The minimum Gasteiger partial charge on any atom is -0.389 e. The van der Waals surface area contributed by atoms with E-state index in [1.54, 1.807) is 0 Å². The molecule has 88 valence electrons. The minimum atomic E-state index is -0.313. The van der Waals surface area contributed by atoms with Gasteiger partial charge in [0.05, 0.1) is 5.60 Å². The maximum atomic E-state index is 9.88. The van der Waals surface area contributed by atoms with Gasteiger partial charge in [-0.25, -0.2) is 0 Å². The average molecular weight is 212 g/mol. The predicted molar refractivity (Wildman–Crippen MR) is 61.6 cm³/mol. The van der Waals surface area contributed by atoms with E-state index in [2.05, 4.69) is 4.90 Å². The molecule has 1 aliphatic carbocycles. The van der Waals surface area contributed by atoms with E-state index in [0.29, 0.717) is 0 Å². The third kappa shape index (κ3) is 3.44. The summed E-state index contributed by atoms with van der Waals surface area (Å²) in [6, 6.07) is 0. The van der Waals surface area contributed by atoms with E-state index in [9.17, 15) is 5.11 Å². The summed E-state index contributed by atoms with van der Waals surface area (Å²) in [7, 11) is 0. The molecule has 0 radical (unpaired) electrons. The smallest absolute Gasteiger partial charge is 0.0776 e. The molecular weight excluding hydrogens is 188 g/mol. The van der Waals surface area contributed by atoms with Crippen molar-refractivity contribution in [1.82, 2.24) is 4.90 Å². The molecule has 3 nitrogen and oxygen atoms in total. The van der Waals surface area contributed by atoms with Crippen molar-refractivity contribution in [1.29, 1.82) is 0 Å². The number of rotatable bonds is 3. The van der Waals surface area contributed by atoms with Crippen LogP contribution in [0.1, 0.15) is 38.5 Å². The first-order valence-electron chi connectivity index (χ1n) is 6.37. The highest BCUT2D eigenvalue weighted by Crippen LogP contribution is 2.36. The first-order chi connectivity index (χ1) is 7.22. The Morgan fingerprint density at radius 3 is 2.27 bits per heavy atom. The minimum absolute atomic E-state index is 0.313. The topological polar surface area (TPSA) is 49.5 Å². The Morgan fingerprint density at radius 2 is 1.80 bits per heavy atom. The molecule has 1 heterocycles. The lowest BCUT2D eigenvalue weighted by Gasteiger charge is -2.29. The van der Waals surface area contributed by atoms with Crippen LogP contribution in [0.3, 0.4) is 0 Å². The monoisotopic (exact) mass is 212 g/mol. The van der Waals surface area contributed by atoms with E-state index in [4.69, 9.17) is 5.73 Å². The van der Waals surface area contributed by atoms with Gasteiger partial charge in [-0.2, -0.15) is 0 Å². The highest BCUT2D eigenvalue weighted by atomic mass is 16.3. The van der Waals surface area contributed by atoms with Gasteiger partial charge in [0.2, 0.25) is 0 Å². The second-order valence-corrected chi connectivity index (χ2v) is 5.39. The van der Waals surface area contributed by atoms with Gasteiger partial charge in [0, 0.05) is 6.54 Å². The SMILES string of the molecule is NCC1CCCN(CC2(O)CC2)CCC1. The van der Waals surface area contributed by atoms with Crippen molar-refractivity contribution in [2.24, 2.45) is 11.7 Å². The Kier molecular flexibility index (Phi) is 3.65. The summed E-state index contributed by atoms with van der Waals surface area (Å²) in [5.74, 6) is 0.746. The summed E-state index contributed by atoms with van der Waals surface area (Å²) >= 11 is 0. The van der Waals surface area contributed by atoms with E-state index >= 15 is 0 Å². The summed E-state index contributed by atoms with van der Waals surface area (Å²) in [5.41, 5.74) is 5.40. The van der Waals surface area contributed by atoms with Crippen molar-refractivity contribution >= 4 is 0 Å². The van der Waals surface area contributed by atoms with Crippen LogP contribution in [0.4, 0.5) is 0 Å². The van der Waals surface area contributed by atoms with Crippen LogP contribution < -0.4 is 5.73 Å². The van der Waals surface area contributed by atoms with E-state index in [-0.39, 0.29) is 5.60 Å². The van der Waals surface area contributed by atoms with E-state index in [1.807, 2.05) is 0 Å². The van der Waals surface area contributed by atoms with Crippen LogP contribution in [-0.2, 0) is 0 Å². The zero-order chi connectivity index (χ0) is 10.7. The van der Waals surface area contributed by atoms with Crippen LogP contribution >= 0.6 is 0 Å². The molecule has 15 heavy (non-hydrogen) atoms. The molecule has 2 fully saturated rings. The van der Waals surface area contributed by atoms with E-state index < -0.39 is 0 Å². The van der Waals surface area contributed by atoms with Crippen molar-refractivity contribution in [3.8, 4) is 0 Å². The largest absolute Gasteiger partial charge is 0.389 e. The lowest BCUT2D eigenvalue weighted by atomic mass is 9.95. The molecule has 3 heteroatoms. The van der Waals surface area contributed by atoms with Gasteiger partial charge in [0.15, 0.2) is 0 Å². The first kappa shape index (κ1) is 11.4. The van der Waals surface area contributed by atoms with Gasteiger partial charge in [-0.05, 0) is 64.1 Å². The van der Waals surface area contributed by atoms with Crippen LogP contribution in [0.25, 0.3) is 0 Å². The number of nitrogens with two attached hydrogens (primary N) is 1. The Hall–Kier alpha value is -0.120. The Labute approximate surface area is 92.6 Å². The molecule has 1 saturated carbocycles. The zero-order valence-electron chi connectivity index (χ0n) is 9.62. The van der Waals surface area contributed by atoms with Crippen LogP contribution in [0, 0.1) is 5.92 Å². The van der Waals surface area contributed by atoms with E-state index in [1.165, 1.54) is 25.7 Å². The molecule has 0 atom stereocenters. The van der Waals surface area contributed by atoms with Crippen LogP contribution in [0.15, 0.2) is 0 Å². The Bertz CT molecular complexity index is 194. The summed E-state index contributed by atoms with van der Waals surface area (Å²) in [6.07, 6.45) is 7.05. The molecule has 0 aromatic rings. The molecule has 3 N–H and O–H groups in total. The Morgan fingerprint density at radius 1 is 1.20 bits per heavy atom. The second kappa shape index (κ2) is 4.81. The van der Waals surface area contributed by atoms with Crippen molar-refractivity contribution in [3.05, 3.63) is 0 Å². The molecule has 0 bridgehead atoms. The fraction of sp³-hybridized carbons (Fsp3) is 1.00. The van der Waals surface area contributed by atoms with Crippen molar-refractivity contribution < 1.29 is 5.11 Å². The fourth-order valence-corrected chi connectivity index (χ4v) is 2.58. The van der Waals surface area contributed by atoms with Crippen LogP contribution in [0.5, 0.6) is 0 Å². The van der Waals surface area contributed by atoms with Gasteiger partial charge < -0.3 is 15.7 Å². The van der Waals surface area contributed by atoms with Crippen LogP contribution in [0.2, 0.25) is 0 Å². The number of hydrogen-bond donors (Lipinski definition) is 2. The van der Waals surface area contributed by atoms with Crippen molar-refractivity contribution in [2.75, 3.05) is 26.2 Å². The van der Waals surface area contributed by atoms with Crippen molar-refractivity contribution in [2.45, 2.75) is 44.1 Å². The Balaban J connectivity index is 1.73. The highest BCUT2D eigenvalue weighted by Gasteiger charge is 2.41. The molecular formula is C12H24N2O. The molecule has 1 saturated heterocycles. The number of likely N-dealkylation sites (tertiary alicyclic amines) is 1. The lowest BCUT2D eigenvalue weighted by Crippen LogP contribution is -2.37. The number of aliphatic hydroxyl groups is 1.